The van der Waals surface area contributed by atoms with Crippen LogP contribution < -0.4 is 4.74 Å². The highest BCUT2D eigenvalue weighted by molar-refractivity contribution is 8.14. The molecule has 6 nitrogen and oxygen atoms in total. The minimum atomic E-state index is -0.206. The highest BCUT2D eigenvalue weighted by Crippen LogP contribution is 2.27. The fraction of sp³-hybridized carbons (Fsp3) is 0.438. The van der Waals surface area contributed by atoms with Crippen molar-refractivity contribution in [3.63, 3.8) is 0 Å². The lowest BCUT2D eigenvalue weighted by atomic mass is 10.1. The molecule has 7 heteroatoms. The predicted octanol–water partition coefficient (Wildman–Crippen LogP) is 1.99. The zero-order chi connectivity index (χ0) is 16.6. The molecule has 0 unspecified atom stereocenters. The molecule has 0 aliphatic carbocycles. The largest absolute Gasteiger partial charge is 0.491 e. The third-order valence-corrected chi connectivity index (χ3v) is 4.61. The summed E-state index contributed by atoms with van der Waals surface area (Å²) in [5.74, 6) is 0.681. The Hall–Kier alpha value is -2.02. The van der Waals surface area contributed by atoms with E-state index >= 15 is 0 Å². The van der Waals surface area contributed by atoms with E-state index in [1.54, 1.807) is 29.2 Å². The van der Waals surface area contributed by atoms with E-state index in [9.17, 15) is 14.4 Å². The van der Waals surface area contributed by atoms with Crippen LogP contribution in [0.1, 0.15) is 24.2 Å². The molecule has 0 saturated carbocycles. The lowest BCUT2D eigenvalue weighted by Gasteiger charge is -2.42. The molecule has 1 aromatic carbocycles. The number of carbonyl (C=O) groups excluding carboxylic acids is 3. The molecule has 0 radical (unpaired) electrons. The fourth-order valence-electron chi connectivity index (χ4n) is 2.63. The van der Waals surface area contributed by atoms with Gasteiger partial charge in [0.2, 0.25) is 5.91 Å². The highest BCUT2D eigenvalue weighted by atomic mass is 32.2. The van der Waals surface area contributed by atoms with Crippen LogP contribution in [-0.2, 0) is 4.79 Å². The van der Waals surface area contributed by atoms with Crippen LogP contribution in [0.5, 0.6) is 5.75 Å². The van der Waals surface area contributed by atoms with Gasteiger partial charge in [-0.2, -0.15) is 0 Å². The minimum Gasteiger partial charge on any atom is -0.491 e. The predicted molar refractivity (Wildman–Crippen MR) is 86.6 cm³/mol. The SMILES string of the molecule is CC(C)Oc1ccc(C(=O)N2CC(N3C(=O)CSC3=O)C2)cc1. The number of benzene rings is 1. The quantitative estimate of drug-likeness (QED) is 0.842. The molecule has 2 aliphatic heterocycles. The first-order valence-electron chi connectivity index (χ1n) is 7.50. The van der Waals surface area contributed by atoms with Crippen LogP contribution in [0.25, 0.3) is 0 Å². The fourth-order valence-corrected chi connectivity index (χ4v) is 3.41. The van der Waals surface area contributed by atoms with Crippen LogP contribution in [0.4, 0.5) is 4.79 Å². The second-order valence-corrected chi connectivity index (χ2v) is 6.80. The van der Waals surface area contributed by atoms with Crippen molar-refractivity contribution in [2.45, 2.75) is 26.0 Å². The van der Waals surface area contributed by atoms with Crippen molar-refractivity contribution in [3.05, 3.63) is 29.8 Å². The Morgan fingerprint density at radius 1 is 1.22 bits per heavy atom. The van der Waals surface area contributed by atoms with Crippen LogP contribution in [0.3, 0.4) is 0 Å². The smallest absolute Gasteiger partial charge is 0.289 e. The third kappa shape index (κ3) is 3.19. The van der Waals surface area contributed by atoms with E-state index in [1.807, 2.05) is 13.8 Å². The van der Waals surface area contributed by atoms with E-state index < -0.39 is 0 Å². The molecule has 0 spiro atoms. The second-order valence-electron chi connectivity index (χ2n) is 5.87. The Morgan fingerprint density at radius 3 is 2.39 bits per heavy atom. The lowest BCUT2D eigenvalue weighted by Crippen LogP contribution is -2.62. The number of hydrogen-bond donors (Lipinski definition) is 0. The zero-order valence-corrected chi connectivity index (χ0v) is 13.8. The van der Waals surface area contributed by atoms with E-state index in [0.717, 1.165) is 17.5 Å². The molecule has 2 aliphatic rings. The van der Waals surface area contributed by atoms with Crippen molar-refractivity contribution >= 4 is 28.8 Å². The standard InChI is InChI=1S/C16H18N2O4S/c1-10(2)22-13-5-3-11(4-6-13)15(20)17-7-12(8-17)18-14(19)9-23-16(18)21/h3-6,10,12H,7-9H2,1-2H3. The topological polar surface area (TPSA) is 66.9 Å². The van der Waals surface area contributed by atoms with E-state index in [4.69, 9.17) is 4.74 Å². The first kappa shape index (κ1) is 15.9. The van der Waals surface area contributed by atoms with Gasteiger partial charge in [-0.25, -0.2) is 0 Å². The van der Waals surface area contributed by atoms with Gasteiger partial charge in [-0.05, 0) is 38.1 Å². The van der Waals surface area contributed by atoms with E-state index in [2.05, 4.69) is 0 Å². The number of carbonyl (C=O) groups is 3. The van der Waals surface area contributed by atoms with Gasteiger partial charge in [0.05, 0.1) is 17.9 Å². The minimum absolute atomic E-state index is 0.0843. The average Bonchev–Trinajstić information content (AvgIpc) is 2.78. The van der Waals surface area contributed by atoms with Crippen molar-refractivity contribution in [2.75, 3.05) is 18.8 Å². The zero-order valence-electron chi connectivity index (χ0n) is 13.0. The van der Waals surface area contributed by atoms with Crippen LogP contribution in [0.15, 0.2) is 24.3 Å². The van der Waals surface area contributed by atoms with Gasteiger partial charge in [0.25, 0.3) is 11.1 Å². The first-order chi connectivity index (χ1) is 11.0. The van der Waals surface area contributed by atoms with Crippen molar-refractivity contribution in [2.24, 2.45) is 0 Å². The Bertz CT molecular complexity index is 622. The van der Waals surface area contributed by atoms with Gasteiger partial charge in [-0.1, -0.05) is 11.8 Å². The molecule has 23 heavy (non-hydrogen) atoms. The molecule has 0 atom stereocenters. The molecule has 0 aromatic heterocycles. The molecule has 2 fully saturated rings. The third-order valence-electron chi connectivity index (χ3n) is 3.77. The van der Waals surface area contributed by atoms with Crippen LogP contribution >= 0.6 is 11.8 Å². The van der Waals surface area contributed by atoms with E-state index in [0.29, 0.717) is 18.7 Å². The summed E-state index contributed by atoms with van der Waals surface area (Å²) in [6, 6.07) is 6.83. The summed E-state index contributed by atoms with van der Waals surface area (Å²) in [7, 11) is 0. The number of ether oxygens (including phenoxy) is 1. The van der Waals surface area contributed by atoms with E-state index in [-0.39, 0.29) is 35.0 Å². The maximum atomic E-state index is 12.4. The molecule has 3 rings (SSSR count). The number of rotatable bonds is 4. The Morgan fingerprint density at radius 2 is 1.87 bits per heavy atom. The number of likely N-dealkylation sites (tertiary alicyclic amines) is 1. The molecular formula is C16H18N2O4S. The number of hydrogen-bond acceptors (Lipinski definition) is 5. The maximum Gasteiger partial charge on any atom is 0.289 e. The van der Waals surface area contributed by atoms with Crippen LogP contribution in [-0.4, -0.2) is 57.8 Å². The molecule has 122 valence electrons. The monoisotopic (exact) mass is 334 g/mol. The first-order valence-corrected chi connectivity index (χ1v) is 8.49. The Kier molecular flexibility index (Phi) is 4.30. The summed E-state index contributed by atoms with van der Waals surface area (Å²) < 4.78 is 5.55. The number of imide groups is 1. The van der Waals surface area contributed by atoms with Crippen molar-refractivity contribution < 1.29 is 19.1 Å². The van der Waals surface area contributed by atoms with Gasteiger partial charge in [0, 0.05) is 18.7 Å². The summed E-state index contributed by atoms with van der Waals surface area (Å²) in [5, 5.41) is -0.206. The second kappa shape index (κ2) is 6.23. The van der Waals surface area contributed by atoms with Gasteiger partial charge in [-0.15, -0.1) is 0 Å². The molecule has 1 aromatic rings. The molecule has 0 bridgehead atoms. The lowest BCUT2D eigenvalue weighted by molar-refractivity contribution is -0.128. The highest BCUT2D eigenvalue weighted by Gasteiger charge is 2.43. The molecular weight excluding hydrogens is 316 g/mol. The molecule has 2 saturated heterocycles. The summed E-state index contributed by atoms with van der Waals surface area (Å²) in [6.07, 6.45) is 0.0843. The number of amides is 3. The van der Waals surface area contributed by atoms with Crippen LogP contribution in [0.2, 0.25) is 0 Å². The summed E-state index contributed by atoms with van der Waals surface area (Å²) in [6.45, 7) is 4.69. The summed E-state index contributed by atoms with van der Waals surface area (Å²) >= 11 is 1.02. The average molecular weight is 334 g/mol. The normalized spacial score (nSPS) is 18.6. The van der Waals surface area contributed by atoms with Crippen LogP contribution in [0, 0.1) is 0 Å². The maximum absolute atomic E-state index is 12.4. The van der Waals surface area contributed by atoms with Crippen molar-refractivity contribution in [1.29, 1.82) is 0 Å². The van der Waals surface area contributed by atoms with Gasteiger partial charge >= 0.3 is 0 Å². The summed E-state index contributed by atoms with van der Waals surface area (Å²) in [4.78, 5) is 38.6. The van der Waals surface area contributed by atoms with E-state index in [1.165, 1.54) is 4.90 Å². The van der Waals surface area contributed by atoms with Crippen molar-refractivity contribution in [3.8, 4) is 5.75 Å². The molecule has 3 amide bonds. The number of thioether (sulfide) groups is 1. The Balaban J connectivity index is 1.58. The number of nitrogens with zero attached hydrogens (tertiary/aromatic N) is 2. The summed E-state index contributed by atoms with van der Waals surface area (Å²) in [5.41, 5.74) is 0.577. The molecule has 0 N–H and O–H groups in total. The van der Waals surface area contributed by atoms with Gasteiger partial charge in [0.1, 0.15) is 5.75 Å². The Labute approximate surface area is 138 Å². The van der Waals surface area contributed by atoms with Gasteiger partial charge < -0.3 is 9.64 Å². The molecule has 2 heterocycles. The van der Waals surface area contributed by atoms with Gasteiger partial charge in [0.15, 0.2) is 0 Å². The van der Waals surface area contributed by atoms with Gasteiger partial charge in [-0.3, -0.25) is 19.3 Å². The van der Waals surface area contributed by atoms with Crippen molar-refractivity contribution in [1.82, 2.24) is 9.80 Å².